The zero-order valence-corrected chi connectivity index (χ0v) is 16.2. The van der Waals surface area contributed by atoms with Crippen molar-refractivity contribution in [3.05, 3.63) is 60.8 Å². The summed E-state index contributed by atoms with van der Waals surface area (Å²) in [7, 11) is 0. The maximum Gasteiger partial charge on any atom is 0.471 e. The van der Waals surface area contributed by atoms with Crippen molar-refractivity contribution in [3.63, 3.8) is 0 Å². The van der Waals surface area contributed by atoms with Gasteiger partial charge in [0.05, 0.1) is 30.7 Å². The third-order valence-electron chi connectivity index (χ3n) is 4.65. The first kappa shape index (κ1) is 21.3. The number of carbonyl (C=O) groups is 2. The van der Waals surface area contributed by atoms with Gasteiger partial charge in [0.1, 0.15) is 11.8 Å². The van der Waals surface area contributed by atoms with Crippen LogP contribution in [0.3, 0.4) is 0 Å². The van der Waals surface area contributed by atoms with Crippen LogP contribution in [-0.2, 0) is 9.53 Å². The molecule has 1 aliphatic rings. The minimum Gasteiger partial charge on any atom is -0.442 e. The van der Waals surface area contributed by atoms with Crippen molar-refractivity contribution in [3.8, 4) is 16.9 Å². The molecule has 1 aromatic carbocycles. The smallest absolute Gasteiger partial charge is 0.442 e. The van der Waals surface area contributed by atoms with Crippen LogP contribution in [0.2, 0.25) is 0 Å². The van der Waals surface area contributed by atoms with E-state index in [2.05, 4.69) is 10.1 Å². The van der Waals surface area contributed by atoms with Crippen molar-refractivity contribution < 1.29 is 31.9 Å². The summed E-state index contributed by atoms with van der Waals surface area (Å²) in [6.07, 6.45) is -2.15. The molecule has 2 amide bonds. The van der Waals surface area contributed by atoms with Crippen LogP contribution in [0.1, 0.15) is 0 Å². The quantitative estimate of drug-likeness (QED) is 0.605. The highest BCUT2D eigenvalue weighted by atomic mass is 19.4. The number of halogens is 4. The van der Waals surface area contributed by atoms with Crippen molar-refractivity contribution in [2.75, 3.05) is 18.0 Å². The molecule has 1 aliphatic heterocycles. The van der Waals surface area contributed by atoms with Gasteiger partial charge in [-0.25, -0.2) is 13.9 Å². The van der Waals surface area contributed by atoms with Gasteiger partial charge in [0.25, 0.3) is 0 Å². The number of cyclic esters (lactones) is 1. The second-order valence-corrected chi connectivity index (χ2v) is 6.85. The average molecular weight is 449 g/mol. The Morgan fingerprint density at radius 3 is 2.75 bits per heavy atom. The molecule has 32 heavy (non-hydrogen) atoms. The first-order valence-electron chi connectivity index (χ1n) is 9.31. The molecule has 0 spiro atoms. The molecule has 0 saturated carbocycles. The second-order valence-electron chi connectivity index (χ2n) is 6.85. The van der Waals surface area contributed by atoms with Gasteiger partial charge in [0, 0.05) is 18.0 Å². The standard InChI is InChI=1S/C20H15F4N5O3/c21-15-7-13(28-11-14(32-19(28)31)9-26-18(30)20(22,23)24)4-5-17(15)29-10-12(8-27-29)16-3-1-2-6-25-16/h1-8,10,14H,9,11H2,(H,26,30)/t14-/m0/s1. The molecule has 0 unspecified atom stereocenters. The van der Waals surface area contributed by atoms with Gasteiger partial charge in [-0.3, -0.25) is 14.7 Å². The molecule has 1 N–H and O–H groups in total. The van der Waals surface area contributed by atoms with E-state index in [-0.39, 0.29) is 17.9 Å². The Morgan fingerprint density at radius 1 is 1.25 bits per heavy atom. The molecular weight excluding hydrogens is 434 g/mol. The number of amides is 2. The van der Waals surface area contributed by atoms with Gasteiger partial charge in [0.2, 0.25) is 0 Å². The average Bonchev–Trinajstić information content (AvgIpc) is 3.39. The van der Waals surface area contributed by atoms with E-state index in [1.165, 1.54) is 23.0 Å². The largest absolute Gasteiger partial charge is 0.471 e. The van der Waals surface area contributed by atoms with Gasteiger partial charge in [0.15, 0.2) is 5.82 Å². The van der Waals surface area contributed by atoms with Gasteiger partial charge < -0.3 is 10.1 Å². The highest BCUT2D eigenvalue weighted by Gasteiger charge is 2.40. The number of nitrogens with one attached hydrogen (secondary N) is 1. The zero-order valence-electron chi connectivity index (χ0n) is 16.2. The molecule has 0 radical (unpaired) electrons. The summed E-state index contributed by atoms with van der Waals surface area (Å²) in [6, 6.07) is 9.32. The zero-order chi connectivity index (χ0) is 22.9. The lowest BCUT2D eigenvalue weighted by Gasteiger charge is -2.14. The van der Waals surface area contributed by atoms with Gasteiger partial charge in [-0.2, -0.15) is 18.3 Å². The lowest BCUT2D eigenvalue weighted by Crippen LogP contribution is -2.41. The fourth-order valence-electron chi connectivity index (χ4n) is 3.12. The van der Waals surface area contributed by atoms with E-state index in [9.17, 15) is 27.2 Å². The van der Waals surface area contributed by atoms with Crippen LogP contribution >= 0.6 is 0 Å². The minimum atomic E-state index is -5.04. The number of pyridine rings is 1. The Balaban J connectivity index is 1.46. The molecule has 0 bridgehead atoms. The van der Waals surface area contributed by atoms with Gasteiger partial charge >= 0.3 is 18.2 Å². The Morgan fingerprint density at radius 2 is 2.06 bits per heavy atom. The van der Waals surface area contributed by atoms with E-state index >= 15 is 0 Å². The first-order valence-corrected chi connectivity index (χ1v) is 9.31. The Hall–Kier alpha value is -3.96. The third-order valence-corrected chi connectivity index (χ3v) is 4.65. The molecule has 3 aromatic rings. The minimum absolute atomic E-state index is 0.123. The summed E-state index contributed by atoms with van der Waals surface area (Å²) in [5, 5.41) is 5.79. The lowest BCUT2D eigenvalue weighted by atomic mass is 10.2. The highest BCUT2D eigenvalue weighted by molar-refractivity contribution is 5.90. The summed E-state index contributed by atoms with van der Waals surface area (Å²) in [5.74, 6) is -2.81. The number of hydrogen-bond acceptors (Lipinski definition) is 5. The molecular formula is C20H15F4N5O3. The van der Waals surface area contributed by atoms with E-state index < -0.39 is 36.6 Å². The maximum atomic E-state index is 14.8. The summed E-state index contributed by atoms with van der Waals surface area (Å²) in [4.78, 5) is 28.3. The number of carbonyl (C=O) groups excluding carboxylic acids is 2. The number of rotatable bonds is 5. The van der Waals surface area contributed by atoms with Gasteiger partial charge in [-0.1, -0.05) is 6.07 Å². The summed E-state index contributed by atoms with van der Waals surface area (Å²) in [5.41, 5.74) is 1.62. The maximum absolute atomic E-state index is 14.8. The topological polar surface area (TPSA) is 89.4 Å². The van der Waals surface area contributed by atoms with Crippen molar-refractivity contribution in [1.29, 1.82) is 0 Å². The fourth-order valence-corrected chi connectivity index (χ4v) is 3.12. The van der Waals surface area contributed by atoms with Crippen LogP contribution in [0.15, 0.2) is 55.0 Å². The van der Waals surface area contributed by atoms with Crippen molar-refractivity contribution >= 4 is 17.7 Å². The molecule has 166 valence electrons. The number of ether oxygens (including phenoxy) is 1. The van der Waals surface area contributed by atoms with Crippen LogP contribution in [0.25, 0.3) is 16.9 Å². The Kier molecular flexibility index (Phi) is 5.51. The fraction of sp³-hybridized carbons (Fsp3) is 0.200. The Bertz CT molecular complexity index is 1150. The lowest BCUT2D eigenvalue weighted by molar-refractivity contribution is -0.173. The van der Waals surface area contributed by atoms with Crippen molar-refractivity contribution in [1.82, 2.24) is 20.1 Å². The molecule has 12 heteroatoms. The molecule has 4 rings (SSSR count). The molecule has 2 aromatic heterocycles. The van der Waals surface area contributed by atoms with E-state index in [0.717, 1.165) is 11.0 Å². The first-order chi connectivity index (χ1) is 15.2. The monoisotopic (exact) mass is 449 g/mol. The van der Waals surface area contributed by atoms with Crippen LogP contribution in [0.4, 0.5) is 28.0 Å². The number of alkyl halides is 3. The number of nitrogens with zero attached hydrogens (tertiary/aromatic N) is 4. The Labute approximate surface area is 178 Å². The number of anilines is 1. The van der Waals surface area contributed by atoms with E-state index in [0.29, 0.717) is 11.3 Å². The number of benzene rings is 1. The highest BCUT2D eigenvalue weighted by Crippen LogP contribution is 2.26. The van der Waals surface area contributed by atoms with E-state index in [1.54, 1.807) is 29.8 Å². The molecule has 0 aliphatic carbocycles. The van der Waals surface area contributed by atoms with Crippen LogP contribution in [0.5, 0.6) is 0 Å². The van der Waals surface area contributed by atoms with Crippen LogP contribution in [0, 0.1) is 5.82 Å². The van der Waals surface area contributed by atoms with Crippen molar-refractivity contribution in [2.24, 2.45) is 0 Å². The predicted molar refractivity (Wildman–Crippen MR) is 103 cm³/mol. The number of hydrogen-bond donors (Lipinski definition) is 1. The normalized spacial score (nSPS) is 16.2. The van der Waals surface area contributed by atoms with E-state index in [4.69, 9.17) is 4.74 Å². The van der Waals surface area contributed by atoms with Crippen molar-refractivity contribution in [2.45, 2.75) is 12.3 Å². The predicted octanol–water partition coefficient (Wildman–Crippen LogP) is 3.08. The third kappa shape index (κ3) is 4.38. The molecule has 3 heterocycles. The molecule has 1 saturated heterocycles. The second kappa shape index (κ2) is 8.29. The van der Waals surface area contributed by atoms with Crippen LogP contribution in [-0.4, -0.2) is 52.1 Å². The van der Waals surface area contributed by atoms with E-state index in [1.807, 2.05) is 6.07 Å². The molecule has 1 fully saturated rings. The van der Waals surface area contributed by atoms with Gasteiger partial charge in [-0.15, -0.1) is 0 Å². The van der Waals surface area contributed by atoms with Crippen LogP contribution < -0.4 is 10.2 Å². The molecule has 8 nitrogen and oxygen atoms in total. The SMILES string of the molecule is O=C1O[C@@H](CNC(=O)C(F)(F)F)CN1c1ccc(-n2cc(-c3ccccn3)cn2)c(F)c1. The summed E-state index contributed by atoms with van der Waals surface area (Å²) < 4.78 is 57.9. The molecule has 1 atom stereocenters. The van der Waals surface area contributed by atoms with Gasteiger partial charge in [-0.05, 0) is 30.3 Å². The summed E-state index contributed by atoms with van der Waals surface area (Å²) in [6.45, 7) is -0.675. The summed E-state index contributed by atoms with van der Waals surface area (Å²) >= 11 is 0. The number of aromatic nitrogens is 3.